The minimum atomic E-state index is -4.34. The summed E-state index contributed by atoms with van der Waals surface area (Å²) in [5.41, 5.74) is 2.69. The van der Waals surface area contributed by atoms with Crippen LogP contribution >= 0.6 is 0 Å². The summed E-state index contributed by atoms with van der Waals surface area (Å²) in [7, 11) is 0. The minimum absolute atomic E-state index is 0.528. The zero-order valence-corrected chi connectivity index (χ0v) is 12.0. The number of H-pyrrole nitrogens is 1. The molecule has 0 bridgehead atoms. The second kappa shape index (κ2) is 5.40. The van der Waals surface area contributed by atoms with Crippen LogP contribution in [0.15, 0.2) is 48.7 Å². The highest BCUT2D eigenvalue weighted by atomic mass is 19.4. The molecule has 1 heterocycles. The lowest BCUT2D eigenvalue weighted by Gasteiger charge is -2.11. The average molecular weight is 304 g/mol. The Morgan fingerprint density at radius 1 is 1.05 bits per heavy atom. The number of aryl methyl sites for hydroxylation is 1. The van der Waals surface area contributed by atoms with E-state index in [1.54, 1.807) is 6.20 Å². The first-order valence-corrected chi connectivity index (χ1v) is 7.02. The van der Waals surface area contributed by atoms with Crippen molar-refractivity contribution in [1.29, 1.82) is 0 Å². The third-order valence-corrected chi connectivity index (χ3v) is 3.68. The molecule has 0 saturated carbocycles. The van der Waals surface area contributed by atoms with Crippen molar-refractivity contribution in [3.05, 3.63) is 59.8 Å². The Labute approximate surface area is 126 Å². The third kappa shape index (κ3) is 2.66. The van der Waals surface area contributed by atoms with Crippen molar-refractivity contribution in [3.8, 4) is 0 Å². The van der Waals surface area contributed by atoms with Gasteiger partial charge in [0.25, 0.3) is 0 Å². The van der Waals surface area contributed by atoms with E-state index in [1.807, 2.05) is 31.2 Å². The summed E-state index contributed by atoms with van der Waals surface area (Å²) in [5.74, 6) is 0. The van der Waals surface area contributed by atoms with Crippen LogP contribution in [0.2, 0.25) is 0 Å². The highest BCUT2D eigenvalue weighted by molar-refractivity contribution is 5.94. The summed E-state index contributed by atoms with van der Waals surface area (Å²) >= 11 is 0. The predicted octanol–water partition coefficient (Wildman–Crippen LogP) is 5.49. The molecular formula is C17H15F3N2. The van der Waals surface area contributed by atoms with Crippen LogP contribution in [0.1, 0.15) is 18.1 Å². The monoisotopic (exact) mass is 304 g/mol. The second-order valence-electron chi connectivity index (χ2n) is 5.10. The standard InChI is InChI=1S/C17H15F3N2/c1-2-11-5-3-4-6-14(11)22-16-10-21-15-8-7-12(9-13(15)16)17(18,19)20/h3-10,21-22H,2H2,1H3. The number of anilines is 2. The molecule has 1 aromatic heterocycles. The topological polar surface area (TPSA) is 27.8 Å². The van der Waals surface area contributed by atoms with E-state index in [4.69, 9.17) is 0 Å². The van der Waals surface area contributed by atoms with Gasteiger partial charge in [-0.1, -0.05) is 25.1 Å². The molecule has 0 radical (unpaired) electrons. The Kier molecular flexibility index (Phi) is 3.56. The second-order valence-corrected chi connectivity index (χ2v) is 5.10. The predicted molar refractivity (Wildman–Crippen MR) is 82.4 cm³/mol. The van der Waals surface area contributed by atoms with Crippen LogP contribution in [-0.4, -0.2) is 4.98 Å². The van der Waals surface area contributed by atoms with Gasteiger partial charge in [-0.2, -0.15) is 13.2 Å². The maximum Gasteiger partial charge on any atom is 0.416 e. The van der Waals surface area contributed by atoms with Gasteiger partial charge in [-0.15, -0.1) is 0 Å². The highest BCUT2D eigenvalue weighted by Crippen LogP contribution is 2.34. The molecule has 0 spiro atoms. The molecule has 3 rings (SSSR count). The number of aromatic amines is 1. The fraction of sp³-hybridized carbons (Fsp3) is 0.176. The molecular weight excluding hydrogens is 289 g/mol. The summed E-state index contributed by atoms with van der Waals surface area (Å²) < 4.78 is 38.6. The van der Waals surface area contributed by atoms with Gasteiger partial charge in [-0.25, -0.2) is 0 Å². The first-order chi connectivity index (χ1) is 10.5. The van der Waals surface area contributed by atoms with E-state index in [-0.39, 0.29) is 0 Å². The molecule has 0 fully saturated rings. The average Bonchev–Trinajstić information content (AvgIpc) is 2.89. The quantitative estimate of drug-likeness (QED) is 0.657. The number of rotatable bonds is 3. The van der Waals surface area contributed by atoms with E-state index in [1.165, 1.54) is 12.1 Å². The van der Waals surface area contributed by atoms with Crippen molar-refractivity contribution in [2.24, 2.45) is 0 Å². The lowest BCUT2D eigenvalue weighted by atomic mass is 10.1. The molecule has 2 N–H and O–H groups in total. The largest absolute Gasteiger partial charge is 0.416 e. The molecule has 2 aromatic carbocycles. The fourth-order valence-corrected chi connectivity index (χ4v) is 2.50. The molecule has 3 aromatic rings. The number of halogens is 3. The fourth-order valence-electron chi connectivity index (χ4n) is 2.50. The summed E-state index contributed by atoms with van der Waals surface area (Å²) in [6, 6.07) is 11.5. The zero-order chi connectivity index (χ0) is 15.7. The summed E-state index contributed by atoms with van der Waals surface area (Å²) in [5, 5.41) is 3.75. The van der Waals surface area contributed by atoms with Gasteiger partial charge in [0.15, 0.2) is 0 Å². The lowest BCUT2D eigenvalue weighted by Crippen LogP contribution is -2.04. The van der Waals surface area contributed by atoms with Crippen LogP contribution in [0.5, 0.6) is 0 Å². The van der Waals surface area contributed by atoms with E-state index in [2.05, 4.69) is 10.3 Å². The van der Waals surface area contributed by atoms with E-state index in [0.717, 1.165) is 23.7 Å². The molecule has 0 unspecified atom stereocenters. The number of para-hydroxylation sites is 1. The number of hydrogen-bond donors (Lipinski definition) is 2. The van der Waals surface area contributed by atoms with Gasteiger partial charge in [0.05, 0.1) is 11.3 Å². The highest BCUT2D eigenvalue weighted by Gasteiger charge is 2.30. The van der Waals surface area contributed by atoms with Crippen molar-refractivity contribution in [1.82, 2.24) is 4.98 Å². The molecule has 0 aliphatic heterocycles. The summed E-state index contributed by atoms with van der Waals surface area (Å²) in [4.78, 5) is 2.99. The summed E-state index contributed by atoms with van der Waals surface area (Å²) in [6.07, 6.45) is -1.80. The van der Waals surface area contributed by atoms with Crippen molar-refractivity contribution in [2.45, 2.75) is 19.5 Å². The number of fused-ring (bicyclic) bond motifs is 1. The van der Waals surface area contributed by atoms with Crippen molar-refractivity contribution < 1.29 is 13.2 Å². The van der Waals surface area contributed by atoms with Gasteiger partial charge < -0.3 is 10.3 Å². The van der Waals surface area contributed by atoms with Gasteiger partial charge in [0, 0.05) is 22.8 Å². The Bertz CT molecular complexity index is 803. The van der Waals surface area contributed by atoms with Crippen LogP contribution in [0.25, 0.3) is 10.9 Å². The van der Waals surface area contributed by atoms with Crippen LogP contribution in [-0.2, 0) is 12.6 Å². The number of aromatic nitrogens is 1. The van der Waals surface area contributed by atoms with Crippen LogP contribution in [0, 0.1) is 0 Å². The van der Waals surface area contributed by atoms with Crippen LogP contribution in [0.4, 0.5) is 24.5 Å². The Balaban J connectivity index is 2.04. The van der Waals surface area contributed by atoms with Crippen LogP contribution in [0.3, 0.4) is 0 Å². The van der Waals surface area contributed by atoms with Gasteiger partial charge in [-0.05, 0) is 36.2 Å². The van der Waals surface area contributed by atoms with E-state index in [9.17, 15) is 13.2 Å². The number of nitrogens with one attached hydrogen (secondary N) is 2. The Hall–Kier alpha value is -2.43. The molecule has 5 heteroatoms. The maximum atomic E-state index is 12.9. The first-order valence-electron chi connectivity index (χ1n) is 7.02. The van der Waals surface area contributed by atoms with Crippen molar-refractivity contribution in [3.63, 3.8) is 0 Å². The molecule has 0 aliphatic rings. The number of hydrogen-bond acceptors (Lipinski definition) is 1. The smallest absolute Gasteiger partial charge is 0.359 e. The van der Waals surface area contributed by atoms with E-state index in [0.29, 0.717) is 16.6 Å². The van der Waals surface area contributed by atoms with Gasteiger partial charge in [0.1, 0.15) is 0 Å². The van der Waals surface area contributed by atoms with Gasteiger partial charge in [0.2, 0.25) is 0 Å². The van der Waals surface area contributed by atoms with E-state index < -0.39 is 11.7 Å². The number of benzene rings is 2. The molecule has 0 saturated heterocycles. The minimum Gasteiger partial charge on any atom is -0.359 e. The number of alkyl halides is 3. The molecule has 0 amide bonds. The third-order valence-electron chi connectivity index (χ3n) is 3.68. The molecule has 0 aliphatic carbocycles. The van der Waals surface area contributed by atoms with Crippen LogP contribution < -0.4 is 5.32 Å². The van der Waals surface area contributed by atoms with Gasteiger partial charge in [-0.3, -0.25) is 0 Å². The zero-order valence-electron chi connectivity index (χ0n) is 12.0. The van der Waals surface area contributed by atoms with E-state index >= 15 is 0 Å². The van der Waals surface area contributed by atoms with Gasteiger partial charge >= 0.3 is 6.18 Å². The van der Waals surface area contributed by atoms with Crippen molar-refractivity contribution >= 4 is 22.3 Å². The normalized spacial score (nSPS) is 11.8. The Morgan fingerprint density at radius 2 is 1.82 bits per heavy atom. The molecule has 114 valence electrons. The molecule has 22 heavy (non-hydrogen) atoms. The maximum absolute atomic E-state index is 12.9. The molecule has 2 nitrogen and oxygen atoms in total. The Morgan fingerprint density at radius 3 is 2.55 bits per heavy atom. The first kappa shape index (κ1) is 14.5. The molecule has 0 atom stereocenters. The SMILES string of the molecule is CCc1ccccc1Nc1c[nH]c2ccc(C(F)(F)F)cc12. The lowest BCUT2D eigenvalue weighted by molar-refractivity contribution is -0.137. The summed E-state index contributed by atoms with van der Waals surface area (Å²) in [6.45, 7) is 2.04. The van der Waals surface area contributed by atoms with Crippen molar-refractivity contribution in [2.75, 3.05) is 5.32 Å².